The Morgan fingerprint density at radius 1 is 1.35 bits per heavy atom. The van der Waals surface area contributed by atoms with E-state index in [4.69, 9.17) is 39.3 Å². The number of hydrogen-bond donors (Lipinski definition) is 1. The highest BCUT2D eigenvalue weighted by Gasteiger charge is 2.47. The summed E-state index contributed by atoms with van der Waals surface area (Å²) in [6, 6.07) is 8.23. The molecule has 0 bridgehead atoms. The lowest BCUT2D eigenvalue weighted by atomic mass is 10.4. The summed E-state index contributed by atoms with van der Waals surface area (Å²) in [5.41, 5.74) is 0. The van der Waals surface area contributed by atoms with Crippen molar-refractivity contribution in [2.24, 2.45) is 0 Å². The van der Waals surface area contributed by atoms with Crippen LogP contribution in [0.15, 0.2) is 30.3 Å². The number of rotatable bonds is 4. The van der Waals surface area contributed by atoms with Gasteiger partial charge in [-0.2, -0.15) is 0 Å². The smallest absolute Gasteiger partial charge is 0.264 e. The number of hydrogen-bond acceptors (Lipinski definition) is 3. The van der Waals surface area contributed by atoms with Crippen LogP contribution in [0.25, 0.3) is 0 Å². The van der Waals surface area contributed by atoms with E-state index in [0.29, 0.717) is 5.30 Å². The number of benzene rings is 1. The molecule has 0 heterocycles. The summed E-state index contributed by atoms with van der Waals surface area (Å²) >= 11 is 16.7. The summed E-state index contributed by atoms with van der Waals surface area (Å²) in [4.78, 5) is 0. The molecule has 1 rings (SSSR count). The Bertz CT molecular complexity index is 405. The normalized spacial score (nSPS) is 17.5. The molecule has 0 radical (unpaired) electrons. The van der Waals surface area contributed by atoms with Gasteiger partial charge in [0.05, 0.1) is 6.61 Å². The second-order valence-corrected chi connectivity index (χ2v) is 8.09. The van der Waals surface area contributed by atoms with E-state index in [1.54, 1.807) is 37.3 Å². The predicted octanol–water partition coefficient (Wildman–Crippen LogP) is 3.32. The van der Waals surface area contributed by atoms with Crippen molar-refractivity contribution in [2.75, 3.05) is 6.61 Å². The Hall–Kier alpha value is 0.240. The minimum absolute atomic E-state index is 0.143. The van der Waals surface area contributed by atoms with Crippen molar-refractivity contribution in [3.63, 3.8) is 0 Å². The van der Waals surface area contributed by atoms with Crippen molar-refractivity contribution in [2.45, 2.75) is 16.6 Å². The Balaban J connectivity index is 3.20. The number of aliphatic hydroxyl groups excluding tert-OH is 1. The quantitative estimate of drug-likeness (QED) is 0.684. The Morgan fingerprint density at radius 3 is 2.29 bits per heavy atom. The number of alkyl halides is 3. The Morgan fingerprint density at radius 2 is 1.88 bits per heavy atom. The third kappa shape index (κ3) is 3.60. The highest BCUT2D eigenvalue weighted by atomic mass is 35.6. The highest BCUT2D eigenvalue weighted by Crippen LogP contribution is 2.56. The molecule has 96 valence electrons. The number of aliphatic hydroxyl groups is 1. The van der Waals surface area contributed by atoms with E-state index in [9.17, 15) is 9.67 Å². The molecule has 2 atom stereocenters. The van der Waals surface area contributed by atoms with Gasteiger partial charge in [-0.1, -0.05) is 53.0 Å². The first kappa shape index (κ1) is 15.3. The zero-order chi connectivity index (χ0) is 13.1. The van der Waals surface area contributed by atoms with Gasteiger partial charge in [0.1, 0.15) is 0 Å². The van der Waals surface area contributed by atoms with Crippen molar-refractivity contribution in [1.82, 2.24) is 0 Å². The largest absolute Gasteiger partial charge is 0.379 e. The van der Waals surface area contributed by atoms with E-state index in [0.717, 1.165) is 0 Å². The standard InChI is InChI=1S/C10H12Cl3O3P/c1-2-16-17(15,9(14)10(11,12)13)8-6-4-3-5-7-8/h3-7,9,14H,2H2,1H3. The first-order valence-corrected chi connectivity index (χ1v) is 7.70. The van der Waals surface area contributed by atoms with E-state index < -0.39 is 17.0 Å². The first-order chi connectivity index (χ1) is 7.82. The average Bonchev–Trinajstić information content (AvgIpc) is 2.28. The maximum absolute atomic E-state index is 12.6. The second-order valence-electron chi connectivity index (χ2n) is 3.27. The Labute approximate surface area is 115 Å². The van der Waals surface area contributed by atoms with Gasteiger partial charge in [-0.05, 0) is 19.1 Å². The van der Waals surface area contributed by atoms with Gasteiger partial charge in [0.2, 0.25) is 3.79 Å². The highest BCUT2D eigenvalue weighted by molar-refractivity contribution is 7.67. The van der Waals surface area contributed by atoms with Crippen LogP contribution in [-0.4, -0.2) is 21.4 Å². The lowest BCUT2D eigenvalue weighted by Crippen LogP contribution is -2.30. The fourth-order valence-corrected chi connectivity index (χ4v) is 4.39. The van der Waals surface area contributed by atoms with Crippen molar-refractivity contribution in [1.29, 1.82) is 0 Å². The van der Waals surface area contributed by atoms with Gasteiger partial charge in [-0.15, -0.1) is 0 Å². The summed E-state index contributed by atoms with van der Waals surface area (Å²) in [6.07, 6.45) is 0. The minimum atomic E-state index is -3.62. The maximum atomic E-state index is 12.6. The lowest BCUT2D eigenvalue weighted by molar-refractivity contribution is 0.218. The van der Waals surface area contributed by atoms with Crippen LogP contribution in [0.4, 0.5) is 0 Å². The number of halogens is 3. The molecule has 1 N–H and O–H groups in total. The molecule has 1 aromatic rings. The van der Waals surface area contributed by atoms with E-state index in [1.807, 2.05) is 0 Å². The van der Waals surface area contributed by atoms with Gasteiger partial charge in [-0.25, -0.2) is 0 Å². The Kier molecular flexibility index (Phi) is 5.33. The summed E-state index contributed by atoms with van der Waals surface area (Å²) in [6.45, 7) is 1.80. The van der Waals surface area contributed by atoms with Crippen LogP contribution in [0.5, 0.6) is 0 Å². The van der Waals surface area contributed by atoms with Crippen molar-refractivity contribution < 1.29 is 14.2 Å². The van der Waals surface area contributed by atoms with Crippen LogP contribution in [0.2, 0.25) is 0 Å². The molecule has 0 fully saturated rings. The molecule has 3 nitrogen and oxygen atoms in total. The summed E-state index contributed by atoms with van der Waals surface area (Å²) < 4.78 is 15.7. The van der Waals surface area contributed by atoms with Crippen LogP contribution >= 0.6 is 42.2 Å². The van der Waals surface area contributed by atoms with E-state index in [2.05, 4.69) is 0 Å². The van der Waals surface area contributed by atoms with Gasteiger partial charge in [0.15, 0.2) is 5.85 Å². The van der Waals surface area contributed by atoms with Crippen LogP contribution < -0.4 is 5.30 Å². The van der Waals surface area contributed by atoms with Gasteiger partial charge in [0.25, 0.3) is 7.37 Å². The molecule has 17 heavy (non-hydrogen) atoms. The third-order valence-corrected chi connectivity index (χ3v) is 5.82. The van der Waals surface area contributed by atoms with E-state index >= 15 is 0 Å². The van der Waals surface area contributed by atoms with E-state index in [-0.39, 0.29) is 6.61 Å². The topological polar surface area (TPSA) is 46.5 Å². The summed E-state index contributed by atoms with van der Waals surface area (Å²) in [5.74, 6) is -1.71. The fraction of sp³-hybridized carbons (Fsp3) is 0.400. The van der Waals surface area contributed by atoms with Crippen molar-refractivity contribution >= 4 is 47.5 Å². The molecule has 0 amide bonds. The SMILES string of the molecule is CCOP(=O)(c1ccccc1)C(O)C(Cl)(Cl)Cl. The monoisotopic (exact) mass is 316 g/mol. The predicted molar refractivity (Wildman–Crippen MR) is 71.6 cm³/mol. The van der Waals surface area contributed by atoms with Crippen molar-refractivity contribution in [3.05, 3.63) is 30.3 Å². The average molecular weight is 318 g/mol. The lowest BCUT2D eigenvalue weighted by Gasteiger charge is -2.27. The molecular weight excluding hydrogens is 305 g/mol. The molecule has 1 aromatic carbocycles. The van der Waals surface area contributed by atoms with Gasteiger partial charge >= 0.3 is 0 Å². The van der Waals surface area contributed by atoms with Gasteiger partial charge in [-0.3, -0.25) is 4.57 Å². The fourth-order valence-electron chi connectivity index (χ4n) is 1.31. The minimum Gasteiger partial charge on any atom is -0.379 e. The van der Waals surface area contributed by atoms with Crippen LogP contribution in [0.3, 0.4) is 0 Å². The van der Waals surface area contributed by atoms with Gasteiger partial charge in [0, 0.05) is 5.30 Å². The molecule has 0 aliphatic carbocycles. The first-order valence-electron chi connectivity index (χ1n) is 4.87. The molecule has 7 heteroatoms. The maximum Gasteiger partial charge on any atom is 0.264 e. The van der Waals surface area contributed by atoms with Crippen LogP contribution in [0.1, 0.15) is 6.92 Å². The zero-order valence-corrected chi connectivity index (χ0v) is 12.2. The molecule has 0 aromatic heterocycles. The molecule has 2 unspecified atom stereocenters. The molecule has 0 saturated carbocycles. The summed E-state index contributed by atoms with van der Waals surface area (Å²) in [7, 11) is -3.62. The van der Waals surface area contributed by atoms with Crippen LogP contribution in [0, 0.1) is 0 Å². The second kappa shape index (κ2) is 5.92. The summed E-state index contributed by atoms with van der Waals surface area (Å²) in [5, 5.41) is 10.2. The van der Waals surface area contributed by atoms with Crippen LogP contribution in [-0.2, 0) is 9.09 Å². The third-order valence-electron chi connectivity index (χ3n) is 2.05. The molecule has 0 aliphatic heterocycles. The molecule has 0 aliphatic rings. The molecule has 0 spiro atoms. The molecule has 0 saturated heterocycles. The van der Waals surface area contributed by atoms with Crippen molar-refractivity contribution in [3.8, 4) is 0 Å². The van der Waals surface area contributed by atoms with E-state index in [1.165, 1.54) is 0 Å². The van der Waals surface area contributed by atoms with Gasteiger partial charge < -0.3 is 9.63 Å². The molecular formula is C10H12Cl3O3P. The zero-order valence-electron chi connectivity index (χ0n) is 9.02.